The predicted molar refractivity (Wildman–Crippen MR) is 76.7 cm³/mol. The van der Waals surface area contributed by atoms with Crippen molar-refractivity contribution >= 4 is 26.0 Å². The van der Waals surface area contributed by atoms with Gasteiger partial charge in [-0.1, -0.05) is 0 Å². The van der Waals surface area contributed by atoms with Gasteiger partial charge in [0.05, 0.1) is 9.37 Å². The molecule has 2 aromatic rings. The number of hydrogen-bond acceptors (Lipinski definition) is 3. The van der Waals surface area contributed by atoms with E-state index in [1.54, 1.807) is 13.0 Å². The van der Waals surface area contributed by atoms with Gasteiger partial charge in [-0.3, -0.25) is 0 Å². The number of ether oxygens (including phenoxy) is 1. The van der Waals surface area contributed by atoms with Crippen molar-refractivity contribution < 1.29 is 17.5 Å². The van der Waals surface area contributed by atoms with Crippen molar-refractivity contribution in [3.05, 3.63) is 52.3 Å². The second-order valence-corrected chi connectivity index (χ2v) is 6.53. The lowest BCUT2D eigenvalue weighted by atomic mass is 10.2. The number of nitrogens with two attached hydrogens (primary N) is 1. The van der Waals surface area contributed by atoms with E-state index >= 15 is 0 Å². The fraction of sp³-hybridized carbons (Fsp3) is 0.0769. The van der Waals surface area contributed by atoms with Crippen LogP contribution < -0.4 is 9.88 Å². The lowest BCUT2D eigenvalue weighted by molar-refractivity contribution is 0.476. The van der Waals surface area contributed by atoms with Crippen molar-refractivity contribution in [2.75, 3.05) is 0 Å². The molecule has 106 valence electrons. The molecule has 0 spiro atoms. The van der Waals surface area contributed by atoms with Crippen molar-refractivity contribution in [1.82, 2.24) is 0 Å². The summed E-state index contributed by atoms with van der Waals surface area (Å²) < 4.78 is 41.6. The van der Waals surface area contributed by atoms with Crippen LogP contribution in [0.15, 0.2) is 45.8 Å². The Morgan fingerprint density at radius 2 is 1.90 bits per heavy atom. The molecular weight excluding hydrogens is 349 g/mol. The number of hydrogen-bond donors (Lipinski definition) is 1. The van der Waals surface area contributed by atoms with Gasteiger partial charge in [-0.25, -0.2) is 17.9 Å². The topological polar surface area (TPSA) is 69.4 Å². The SMILES string of the molecule is Cc1cc(Oc2ccc(F)cc2Br)ccc1S(N)(=O)=O. The van der Waals surface area contributed by atoms with E-state index in [1.807, 2.05) is 0 Å². The lowest BCUT2D eigenvalue weighted by Crippen LogP contribution is -2.13. The zero-order valence-corrected chi connectivity index (χ0v) is 12.8. The van der Waals surface area contributed by atoms with Crippen LogP contribution in [0.1, 0.15) is 5.56 Å². The summed E-state index contributed by atoms with van der Waals surface area (Å²) in [7, 11) is -3.75. The normalized spacial score (nSPS) is 11.4. The Bertz CT molecular complexity index is 762. The highest BCUT2D eigenvalue weighted by Crippen LogP contribution is 2.31. The van der Waals surface area contributed by atoms with Crippen LogP contribution in [0, 0.1) is 12.7 Å². The first kappa shape index (κ1) is 15.0. The number of rotatable bonds is 3. The van der Waals surface area contributed by atoms with E-state index in [0.717, 1.165) is 0 Å². The lowest BCUT2D eigenvalue weighted by Gasteiger charge is -2.10. The number of halogens is 2. The van der Waals surface area contributed by atoms with Gasteiger partial charge < -0.3 is 4.74 Å². The summed E-state index contributed by atoms with van der Waals surface area (Å²) in [5.74, 6) is 0.473. The highest BCUT2D eigenvalue weighted by Gasteiger charge is 2.12. The summed E-state index contributed by atoms with van der Waals surface area (Å²) in [6, 6.07) is 8.43. The van der Waals surface area contributed by atoms with Crippen LogP contribution in [0.2, 0.25) is 0 Å². The second kappa shape index (κ2) is 5.51. The van der Waals surface area contributed by atoms with E-state index in [4.69, 9.17) is 9.88 Å². The molecule has 0 atom stereocenters. The third-order valence-electron chi connectivity index (χ3n) is 2.57. The molecule has 0 aliphatic carbocycles. The largest absolute Gasteiger partial charge is 0.456 e. The van der Waals surface area contributed by atoms with Crippen LogP contribution in [-0.2, 0) is 10.0 Å². The van der Waals surface area contributed by atoms with Crippen LogP contribution >= 0.6 is 15.9 Å². The molecule has 0 aromatic heterocycles. The van der Waals surface area contributed by atoms with Crippen molar-refractivity contribution in [2.45, 2.75) is 11.8 Å². The molecule has 20 heavy (non-hydrogen) atoms. The molecule has 7 heteroatoms. The van der Waals surface area contributed by atoms with E-state index in [2.05, 4.69) is 15.9 Å². The molecule has 0 heterocycles. The summed E-state index contributed by atoms with van der Waals surface area (Å²) in [5.41, 5.74) is 0.475. The van der Waals surface area contributed by atoms with E-state index in [1.165, 1.54) is 30.3 Å². The molecule has 2 aromatic carbocycles. The Morgan fingerprint density at radius 3 is 2.45 bits per heavy atom. The molecule has 0 aliphatic heterocycles. The molecular formula is C13H11BrFNO3S. The van der Waals surface area contributed by atoms with Gasteiger partial charge in [0, 0.05) is 0 Å². The molecule has 2 N–H and O–H groups in total. The minimum atomic E-state index is -3.75. The zero-order chi connectivity index (χ0) is 14.9. The van der Waals surface area contributed by atoms with Gasteiger partial charge in [0.25, 0.3) is 0 Å². The number of primary sulfonamides is 1. The fourth-order valence-electron chi connectivity index (χ4n) is 1.69. The monoisotopic (exact) mass is 359 g/mol. The molecule has 4 nitrogen and oxygen atoms in total. The van der Waals surface area contributed by atoms with Gasteiger partial charge in [-0.05, 0) is 64.8 Å². The van der Waals surface area contributed by atoms with E-state index in [9.17, 15) is 12.8 Å². The Kier molecular flexibility index (Phi) is 4.12. The Labute approximate surface area is 124 Å². The van der Waals surface area contributed by atoms with Crippen molar-refractivity contribution in [1.29, 1.82) is 0 Å². The van der Waals surface area contributed by atoms with Crippen LogP contribution in [0.5, 0.6) is 11.5 Å². The number of benzene rings is 2. The van der Waals surface area contributed by atoms with Gasteiger partial charge in [-0.15, -0.1) is 0 Å². The van der Waals surface area contributed by atoms with Gasteiger partial charge in [0.1, 0.15) is 17.3 Å². The molecule has 0 bridgehead atoms. The first-order valence-corrected chi connectivity index (χ1v) is 7.87. The predicted octanol–water partition coefficient (Wildman–Crippen LogP) is 3.34. The molecule has 0 radical (unpaired) electrons. The molecule has 0 unspecified atom stereocenters. The molecule has 0 saturated carbocycles. The maximum atomic E-state index is 13.0. The van der Waals surface area contributed by atoms with Gasteiger partial charge in [0.15, 0.2) is 0 Å². The maximum absolute atomic E-state index is 13.0. The minimum absolute atomic E-state index is 0.0445. The average molecular weight is 360 g/mol. The molecule has 0 saturated heterocycles. The molecule has 0 amide bonds. The fourth-order valence-corrected chi connectivity index (χ4v) is 2.89. The average Bonchev–Trinajstić information content (AvgIpc) is 2.31. The minimum Gasteiger partial charge on any atom is -0.456 e. The van der Waals surface area contributed by atoms with Crippen LogP contribution in [-0.4, -0.2) is 8.42 Å². The van der Waals surface area contributed by atoms with Crippen molar-refractivity contribution in [2.24, 2.45) is 5.14 Å². The van der Waals surface area contributed by atoms with Crippen molar-refractivity contribution in [3.63, 3.8) is 0 Å². The van der Waals surface area contributed by atoms with Crippen LogP contribution in [0.25, 0.3) is 0 Å². The highest BCUT2D eigenvalue weighted by atomic mass is 79.9. The Hall–Kier alpha value is -1.44. The van der Waals surface area contributed by atoms with E-state index in [0.29, 0.717) is 21.5 Å². The first-order chi connectivity index (χ1) is 9.27. The highest BCUT2D eigenvalue weighted by molar-refractivity contribution is 9.10. The van der Waals surface area contributed by atoms with Gasteiger partial charge >= 0.3 is 0 Å². The quantitative estimate of drug-likeness (QED) is 0.913. The van der Waals surface area contributed by atoms with Gasteiger partial charge in [-0.2, -0.15) is 0 Å². The molecule has 2 rings (SSSR count). The zero-order valence-electron chi connectivity index (χ0n) is 10.4. The van der Waals surface area contributed by atoms with E-state index < -0.39 is 10.0 Å². The van der Waals surface area contributed by atoms with Gasteiger partial charge in [0.2, 0.25) is 10.0 Å². The van der Waals surface area contributed by atoms with Crippen molar-refractivity contribution in [3.8, 4) is 11.5 Å². The Morgan fingerprint density at radius 1 is 1.20 bits per heavy atom. The standard InChI is InChI=1S/C13H11BrFNO3S/c1-8-6-10(3-5-13(8)20(16,17)18)19-12-4-2-9(15)7-11(12)14/h2-7H,1H3,(H2,16,17,18). The second-order valence-electron chi connectivity index (χ2n) is 4.15. The summed E-state index contributed by atoms with van der Waals surface area (Å²) in [4.78, 5) is 0.0445. The third-order valence-corrected chi connectivity index (χ3v) is 4.27. The Balaban J connectivity index is 2.34. The summed E-state index contributed by atoms with van der Waals surface area (Å²) >= 11 is 3.19. The molecule has 0 fully saturated rings. The number of sulfonamides is 1. The maximum Gasteiger partial charge on any atom is 0.238 e. The summed E-state index contributed by atoms with van der Waals surface area (Å²) in [6.45, 7) is 1.62. The van der Waals surface area contributed by atoms with E-state index in [-0.39, 0.29) is 10.7 Å². The smallest absolute Gasteiger partial charge is 0.238 e. The molecule has 0 aliphatic rings. The number of aryl methyl sites for hydroxylation is 1. The van der Waals surface area contributed by atoms with Crippen LogP contribution in [0.4, 0.5) is 4.39 Å². The summed E-state index contributed by atoms with van der Waals surface area (Å²) in [5, 5.41) is 5.08. The third kappa shape index (κ3) is 3.36. The van der Waals surface area contributed by atoms with Crippen LogP contribution in [0.3, 0.4) is 0 Å². The summed E-state index contributed by atoms with van der Waals surface area (Å²) in [6.07, 6.45) is 0. The first-order valence-electron chi connectivity index (χ1n) is 5.54.